The summed E-state index contributed by atoms with van der Waals surface area (Å²) in [6, 6.07) is 12.8. The number of benzene rings is 2. The molecule has 0 fully saturated rings. The van der Waals surface area contributed by atoms with Crippen LogP contribution in [0.15, 0.2) is 84.7 Å². The van der Waals surface area contributed by atoms with E-state index in [0.717, 1.165) is 12.5 Å². The Kier molecular flexibility index (Phi) is 9.42. The van der Waals surface area contributed by atoms with Gasteiger partial charge >= 0.3 is 17.9 Å². The van der Waals surface area contributed by atoms with E-state index in [1.165, 1.54) is 5.57 Å². The first kappa shape index (κ1) is 25.5. The summed E-state index contributed by atoms with van der Waals surface area (Å²) in [7, 11) is 0. The van der Waals surface area contributed by atoms with E-state index in [1.807, 2.05) is 19.1 Å². The van der Waals surface area contributed by atoms with Crippen LogP contribution in [0.3, 0.4) is 0 Å². The summed E-state index contributed by atoms with van der Waals surface area (Å²) in [5.74, 6) is 0.163. The minimum Gasteiger partial charge on any atom is -0.494 e. The zero-order valence-electron chi connectivity index (χ0n) is 19.7. The van der Waals surface area contributed by atoms with Crippen molar-refractivity contribution in [1.29, 1.82) is 0 Å². The van der Waals surface area contributed by atoms with E-state index in [2.05, 4.69) is 6.58 Å². The molecule has 0 heterocycles. The van der Waals surface area contributed by atoms with Crippen molar-refractivity contribution in [3.8, 4) is 11.5 Å². The molecular weight excluding hydrogens is 448 g/mol. The van der Waals surface area contributed by atoms with Crippen LogP contribution in [0.25, 0.3) is 0 Å². The number of carbonyl (C=O) groups is 3. The van der Waals surface area contributed by atoms with E-state index in [-0.39, 0.29) is 0 Å². The second kappa shape index (κ2) is 12.9. The summed E-state index contributed by atoms with van der Waals surface area (Å²) in [6.07, 6.45) is 7.84. The lowest BCUT2D eigenvalue weighted by molar-refractivity contribution is -0.137. The van der Waals surface area contributed by atoms with E-state index in [4.69, 9.17) is 18.9 Å². The minimum atomic E-state index is -0.523. The van der Waals surface area contributed by atoms with Gasteiger partial charge in [0.25, 0.3) is 0 Å². The van der Waals surface area contributed by atoms with Crippen LogP contribution in [0, 0.1) is 0 Å². The lowest BCUT2D eigenvalue weighted by Crippen LogP contribution is -2.09. The van der Waals surface area contributed by atoms with Crippen molar-refractivity contribution < 1.29 is 33.3 Å². The van der Waals surface area contributed by atoms with Gasteiger partial charge in [0.1, 0.15) is 17.3 Å². The molecule has 0 atom stereocenters. The SMILES string of the molecule is C=CC(=O)OCCCCOc1ccc(C(=O)Oc2ccc(C(=O)OC3=CC=C(C)CC3)cc2)cc1. The van der Waals surface area contributed by atoms with Crippen molar-refractivity contribution in [3.63, 3.8) is 0 Å². The third-order valence-corrected chi connectivity index (χ3v) is 5.15. The lowest BCUT2D eigenvalue weighted by Gasteiger charge is -2.12. The fourth-order valence-corrected chi connectivity index (χ4v) is 3.12. The van der Waals surface area contributed by atoms with Gasteiger partial charge in [-0.25, -0.2) is 14.4 Å². The fraction of sp³-hybridized carbons (Fsp3) is 0.250. The Labute approximate surface area is 204 Å². The Morgan fingerprint density at radius 2 is 1.40 bits per heavy atom. The molecule has 0 spiro atoms. The first-order chi connectivity index (χ1) is 16.9. The van der Waals surface area contributed by atoms with Gasteiger partial charge in [-0.1, -0.05) is 18.2 Å². The second-order valence-electron chi connectivity index (χ2n) is 7.90. The molecule has 0 bridgehead atoms. The summed E-state index contributed by atoms with van der Waals surface area (Å²) in [4.78, 5) is 35.7. The smallest absolute Gasteiger partial charge is 0.343 e. The molecule has 1 aliphatic rings. The van der Waals surface area contributed by atoms with Crippen LogP contribution in [-0.2, 0) is 14.3 Å². The molecule has 0 saturated carbocycles. The molecule has 3 rings (SSSR count). The number of hydrogen-bond donors (Lipinski definition) is 0. The molecule has 0 amide bonds. The molecule has 35 heavy (non-hydrogen) atoms. The molecule has 1 aliphatic carbocycles. The molecule has 7 heteroatoms. The Morgan fingerprint density at radius 3 is 2.00 bits per heavy atom. The van der Waals surface area contributed by atoms with Gasteiger partial charge in [-0.2, -0.15) is 0 Å². The zero-order valence-corrected chi connectivity index (χ0v) is 19.7. The van der Waals surface area contributed by atoms with E-state index in [0.29, 0.717) is 60.9 Å². The largest absolute Gasteiger partial charge is 0.494 e. The number of ether oxygens (including phenoxy) is 4. The molecule has 2 aromatic carbocycles. The molecular formula is C28H28O7. The van der Waals surface area contributed by atoms with Gasteiger partial charge in [0.2, 0.25) is 0 Å². The molecule has 182 valence electrons. The van der Waals surface area contributed by atoms with Crippen LogP contribution in [0.2, 0.25) is 0 Å². The normalized spacial score (nSPS) is 12.6. The predicted molar refractivity (Wildman–Crippen MR) is 130 cm³/mol. The van der Waals surface area contributed by atoms with Gasteiger partial charge < -0.3 is 18.9 Å². The standard InChI is InChI=1S/C28H28O7/c1-3-26(29)33-19-5-4-18-32-23-14-8-21(9-15-23)27(30)35-25-16-10-22(11-17-25)28(31)34-24-12-6-20(2)7-13-24/h3,6,8-12,14-17H,1,4-5,7,13,18-19H2,2H3. The molecule has 0 aromatic heterocycles. The highest BCUT2D eigenvalue weighted by Gasteiger charge is 2.14. The second-order valence-corrected chi connectivity index (χ2v) is 7.90. The lowest BCUT2D eigenvalue weighted by atomic mass is 10.1. The average Bonchev–Trinajstić information content (AvgIpc) is 2.88. The van der Waals surface area contributed by atoms with Gasteiger partial charge in [0.05, 0.1) is 24.3 Å². The van der Waals surface area contributed by atoms with Gasteiger partial charge in [0.15, 0.2) is 0 Å². The first-order valence-corrected chi connectivity index (χ1v) is 11.4. The number of unbranched alkanes of at least 4 members (excludes halogenated alkanes) is 1. The summed E-state index contributed by atoms with van der Waals surface area (Å²) >= 11 is 0. The van der Waals surface area contributed by atoms with E-state index in [1.54, 1.807) is 48.5 Å². The van der Waals surface area contributed by atoms with Gasteiger partial charge in [-0.3, -0.25) is 0 Å². The van der Waals surface area contributed by atoms with Crippen molar-refractivity contribution in [3.05, 3.63) is 95.8 Å². The van der Waals surface area contributed by atoms with E-state index in [9.17, 15) is 14.4 Å². The fourth-order valence-electron chi connectivity index (χ4n) is 3.12. The van der Waals surface area contributed by atoms with Gasteiger partial charge in [0, 0.05) is 12.5 Å². The zero-order chi connectivity index (χ0) is 25.0. The summed E-state index contributed by atoms with van der Waals surface area (Å²) < 4.78 is 21.3. The van der Waals surface area contributed by atoms with Crippen molar-refractivity contribution in [1.82, 2.24) is 0 Å². The molecule has 0 radical (unpaired) electrons. The topological polar surface area (TPSA) is 88.1 Å². The van der Waals surface area contributed by atoms with Crippen molar-refractivity contribution >= 4 is 17.9 Å². The van der Waals surface area contributed by atoms with Crippen LogP contribution in [-0.4, -0.2) is 31.1 Å². The molecule has 0 N–H and O–H groups in total. The molecule has 0 saturated heterocycles. The van der Waals surface area contributed by atoms with Crippen LogP contribution in [0.1, 0.15) is 53.3 Å². The third kappa shape index (κ3) is 8.30. The van der Waals surface area contributed by atoms with Crippen LogP contribution in [0.4, 0.5) is 0 Å². The predicted octanol–water partition coefficient (Wildman–Crippen LogP) is 5.57. The number of hydrogen-bond acceptors (Lipinski definition) is 7. The number of allylic oxidation sites excluding steroid dienone is 4. The molecule has 7 nitrogen and oxygen atoms in total. The quantitative estimate of drug-likeness (QED) is 0.181. The Hall–Kier alpha value is -4.13. The highest BCUT2D eigenvalue weighted by Crippen LogP contribution is 2.21. The van der Waals surface area contributed by atoms with Crippen LogP contribution >= 0.6 is 0 Å². The van der Waals surface area contributed by atoms with Crippen molar-refractivity contribution in [2.75, 3.05) is 13.2 Å². The van der Waals surface area contributed by atoms with Gasteiger partial charge in [-0.05, 0) is 80.8 Å². The number of carbonyl (C=O) groups excluding carboxylic acids is 3. The minimum absolute atomic E-state index is 0.316. The van der Waals surface area contributed by atoms with Gasteiger partial charge in [-0.15, -0.1) is 0 Å². The highest BCUT2D eigenvalue weighted by molar-refractivity contribution is 5.92. The maximum atomic E-state index is 12.4. The monoisotopic (exact) mass is 476 g/mol. The Morgan fingerprint density at radius 1 is 0.800 bits per heavy atom. The highest BCUT2D eigenvalue weighted by atomic mass is 16.5. The van der Waals surface area contributed by atoms with E-state index < -0.39 is 17.9 Å². The number of esters is 3. The van der Waals surface area contributed by atoms with E-state index >= 15 is 0 Å². The summed E-state index contributed by atoms with van der Waals surface area (Å²) in [5, 5.41) is 0. The Balaban J connectivity index is 1.43. The number of rotatable bonds is 11. The maximum absolute atomic E-state index is 12.4. The van der Waals surface area contributed by atoms with Crippen LogP contribution in [0.5, 0.6) is 11.5 Å². The van der Waals surface area contributed by atoms with Crippen molar-refractivity contribution in [2.24, 2.45) is 0 Å². The third-order valence-electron chi connectivity index (χ3n) is 5.15. The average molecular weight is 477 g/mol. The molecule has 0 aliphatic heterocycles. The maximum Gasteiger partial charge on any atom is 0.343 e. The Bertz CT molecular complexity index is 1110. The summed E-state index contributed by atoms with van der Waals surface area (Å²) in [6.45, 7) is 6.14. The summed E-state index contributed by atoms with van der Waals surface area (Å²) in [5.41, 5.74) is 1.99. The molecule has 0 unspecified atom stereocenters. The van der Waals surface area contributed by atoms with Crippen molar-refractivity contribution in [2.45, 2.75) is 32.6 Å². The molecule has 2 aromatic rings. The van der Waals surface area contributed by atoms with Crippen LogP contribution < -0.4 is 9.47 Å². The first-order valence-electron chi connectivity index (χ1n) is 11.4.